The van der Waals surface area contributed by atoms with Crippen molar-refractivity contribution in [2.75, 3.05) is 5.75 Å². The molecule has 1 unspecified atom stereocenters. The largest absolute Gasteiger partial charge is 0.345 e. The van der Waals surface area contributed by atoms with E-state index in [1.807, 2.05) is 24.3 Å². The highest BCUT2D eigenvalue weighted by atomic mass is 32.2. The van der Waals surface area contributed by atoms with Gasteiger partial charge >= 0.3 is 0 Å². The van der Waals surface area contributed by atoms with Gasteiger partial charge in [0.05, 0.1) is 0 Å². The van der Waals surface area contributed by atoms with Gasteiger partial charge in [0.1, 0.15) is 6.04 Å². The molecule has 1 aliphatic heterocycles. The van der Waals surface area contributed by atoms with Crippen LogP contribution in [0.2, 0.25) is 0 Å². The Bertz CT molecular complexity index is 431. The van der Waals surface area contributed by atoms with Crippen molar-refractivity contribution >= 4 is 23.5 Å². The van der Waals surface area contributed by atoms with E-state index in [2.05, 4.69) is 5.32 Å². The summed E-state index contributed by atoms with van der Waals surface area (Å²) in [4.78, 5) is 24.3. The van der Waals surface area contributed by atoms with E-state index in [-0.39, 0.29) is 17.7 Å². The van der Waals surface area contributed by atoms with Crippen molar-refractivity contribution in [1.29, 1.82) is 0 Å². The number of amides is 1. The van der Waals surface area contributed by atoms with Crippen LogP contribution in [0, 0.1) is 0 Å². The number of hydrogen-bond donors (Lipinski definition) is 1. The minimum atomic E-state index is -0.368. The van der Waals surface area contributed by atoms with Gasteiger partial charge in [-0.2, -0.15) is 0 Å². The van der Waals surface area contributed by atoms with Gasteiger partial charge in [0.2, 0.25) is 5.91 Å². The third-order valence-electron chi connectivity index (χ3n) is 2.53. The van der Waals surface area contributed by atoms with E-state index >= 15 is 0 Å². The summed E-state index contributed by atoms with van der Waals surface area (Å²) in [6.07, 6.45) is 0.413. The lowest BCUT2D eigenvalue weighted by atomic mass is 10.0. The van der Waals surface area contributed by atoms with Crippen LogP contribution in [0.3, 0.4) is 0 Å². The van der Waals surface area contributed by atoms with Crippen LogP contribution in [-0.2, 0) is 4.79 Å². The molecule has 1 aromatic rings. The van der Waals surface area contributed by atoms with Crippen LogP contribution < -0.4 is 5.32 Å². The summed E-state index contributed by atoms with van der Waals surface area (Å²) < 4.78 is 0. The Morgan fingerprint density at radius 3 is 3.00 bits per heavy atom. The first-order valence-corrected chi connectivity index (χ1v) is 6.26. The molecule has 1 aromatic carbocycles. The van der Waals surface area contributed by atoms with E-state index in [9.17, 15) is 9.59 Å². The van der Waals surface area contributed by atoms with E-state index in [0.29, 0.717) is 12.2 Å². The van der Waals surface area contributed by atoms with Crippen molar-refractivity contribution in [1.82, 2.24) is 5.32 Å². The molecule has 0 saturated heterocycles. The van der Waals surface area contributed by atoms with Gasteiger partial charge in [-0.05, 0) is 6.07 Å². The molecule has 0 radical (unpaired) electrons. The number of thioether (sulfide) groups is 1. The Morgan fingerprint density at radius 2 is 2.25 bits per heavy atom. The standard InChI is InChI=1S/C12H13NO2S/c1-2-11(14)13-9-7-16-10-6-4-3-5-8(10)12(9)15/h3-6,9H,2,7H2,1H3,(H,13,14). The van der Waals surface area contributed by atoms with Crippen molar-refractivity contribution in [2.45, 2.75) is 24.3 Å². The molecule has 3 nitrogen and oxygen atoms in total. The molecule has 0 spiro atoms. The highest BCUT2D eigenvalue weighted by molar-refractivity contribution is 7.99. The summed E-state index contributed by atoms with van der Waals surface area (Å²) >= 11 is 1.62. The topological polar surface area (TPSA) is 46.2 Å². The van der Waals surface area contributed by atoms with Gasteiger partial charge in [0.25, 0.3) is 0 Å². The highest BCUT2D eigenvalue weighted by Gasteiger charge is 2.28. The van der Waals surface area contributed by atoms with E-state index in [1.54, 1.807) is 18.7 Å². The average Bonchev–Trinajstić information content (AvgIpc) is 2.33. The second-order valence-electron chi connectivity index (χ2n) is 3.65. The van der Waals surface area contributed by atoms with Crippen LogP contribution in [0.25, 0.3) is 0 Å². The quantitative estimate of drug-likeness (QED) is 0.851. The molecule has 16 heavy (non-hydrogen) atoms. The first-order chi connectivity index (χ1) is 7.72. The van der Waals surface area contributed by atoms with Crippen LogP contribution in [0.5, 0.6) is 0 Å². The molecule has 0 bridgehead atoms. The third-order valence-corrected chi connectivity index (χ3v) is 3.70. The van der Waals surface area contributed by atoms with Crippen LogP contribution >= 0.6 is 11.8 Å². The highest BCUT2D eigenvalue weighted by Crippen LogP contribution is 2.29. The minimum Gasteiger partial charge on any atom is -0.345 e. The predicted molar refractivity (Wildman–Crippen MR) is 63.7 cm³/mol. The molecule has 1 amide bonds. The summed E-state index contributed by atoms with van der Waals surface area (Å²) in [6.45, 7) is 1.78. The van der Waals surface area contributed by atoms with Crippen molar-refractivity contribution in [3.63, 3.8) is 0 Å². The molecule has 2 rings (SSSR count). The summed E-state index contributed by atoms with van der Waals surface area (Å²) in [5.41, 5.74) is 0.722. The summed E-state index contributed by atoms with van der Waals surface area (Å²) in [5, 5.41) is 2.75. The maximum absolute atomic E-state index is 12.0. The number of ketones is 1. The monoisotopic (exact) mass is 235 g/mol. The third kappa shape index (κ3) is 2.11. The Balaban J connectivity index is 2.18. The number of fused-ring (bicyclic) bond motifs is 1. The van der Waals surface area contributed by atoms with E-state index in [4.69, 9.17) is 0 Å². The molecule has 0 fully saturated rings. The normalized spacial score (nSPS) is 19.1. The zero-order chi connectivity index (χ0) is 11.5. The zero-order valence-corrected chi connectivity index (χ0v) is 9.84. The van der Waals surface area contributed by atoms with Gasteiger partial charge in [-0.25, -0.2) is 0 Å². The Hall–Kier alpha value is -1.29. The molecule has 1 N–H and O–H groups in total. The molecule has 0 aliphatic carbocycles. The maximum Gasteiger partial charge on any atom is 0.220 e. The predicted octanol–water partition coefficient (Wildman–Crippen LogP) is 1.87. The van der Waals surface area contributed by atoms with E-state index < -0.39 is 0 Å². The molecule has 1 atom stereocenters. The minimum absolute atomic E-state index is 0.0242. The van der Waals surface area contributed by atoms with Gasteiger partial charge in [-0.3, -0.25) is 9.59 Å². The summed E-state index contributed by atoms with van der Waals surface area (Å²) in [6, 6.07) is 7.16. The molecular formula is C12H13NO2S. The molecule has 84 valence electrons. The fourth-order valence-electron chi connectivity index (χ4n) is 1.64. The Labute approximate surface area is 98.6 Å². The van der Waals surface area contributed by atoms with Gasteiger partial charge in [-0.15, -0.1) is 11.8 Å². The summed E-state index contributed by atoms with van der Waals surface area (Å²) in [5.74, 6) is 0.580. The number of rotatable bonds is 2. The number of benzene rings is 1. The molecule has 1 aliphatic rings. The van der Waals surface area contributed by atoms with Crippen molar-refractivity contribution < 1.29 is 9.59 Å². The van der Waals surface area contributed by atoms with Crippen molar-refractivity contribution in [3.8, 4) is 0 Å². The second-order valence-corrected chi connectivity index (χ2v) is 4.71. The van der Waals surface area contributed by atoms with Crippen LogP contribution in [0.1, 0.15) is 23.7 Å². The molecule has 0 saturated carbocycles. The lowest BCUT2D eigenvalue weighted by Crippen LogP contribution is -2.44. The molecule has 4 heteroatoms. The van der Waals surface area contributed by atoms with Crippen LogP contribution in [0.15, 0.2) is 29.2 Å². The van der Waals surface area contributed by atoms with Crippen molar-refractivity contribution in [2.24, 2.45) is 0 Å². The number of Topliss-reactive ketones (excluding diaryl/α,β-unsaturated/α-hetero) is 1. The van der Waals surface area contributed by atoms with E-state index in [1.165, 1.54) is 0 Å². The lowest BCUT2D eigenvalue weighted by molar-refractivity contribution is -0.121. The number of hydrogen-bond acceptors (Lipinski definition) is 3. The smallest absolute Gasteiger partial charge is 0.220 e. The maximum atomic E-state index is 12.0. The summed E-state index contributed by atoms with van der Waals surface area (Å²) in [7, 11) is 0. The fraction of sp³-hybridized carbons (Fsp3) is 0.333. The zero-order valence-electron chi connectivity index (χ0n) is 9.03. The number of carbonyl (C=O) groups is 2. The van der Waals surface area contributed by atoms with Gasteiger partial charge < -0.3 is 5.32 Å². The number of nitrogens with one attached hydrogen (secondary N) is 1. The first kappa shape index (κ1) is 11.2. The lowest BCUT2D eigenvalue weighted by Gasteiger charge is -2.23. The van der Waals surface area contributed by atoms with E-state index in [0.717, 1.165) is 10.5 Å². The first-order valence-electron chi connectivity index (χ1n) is 5.27. The van der Waals surface area contributed by atoms with Gasteiger partial charge in [0, 0.05) is 22.6 Å². The second kappa shape index (κ2) is 4.70. The molecule has 0 aromatic heterocycles. The Morgan fingerprint density at radius 1 is 1.50 bits per heavy atom. The Kier molecular flexibility index (Phi) is 3.29. The van der Waals surface area contributed by atoms with Crippen molar-refractivity contribution in [3.05, 3.63) is 29.8 Å². The van der Waals surface area contributed by atoms with Crippen LogP contribution in [0.4, 0.5) is 0 Å². The molecular weight excluding hydrogens is 222 g/mol. The molecule has 1 heterocycles. The van der Waals surface area contributed by atoms with Gasteiger partial charge in [-0.1, -0.05) is 25.1 Å². The fourth-order valence-corrected chi connectivity index (χ4v) is 2.72. The van der Waals surface area contributed by atoms with Gasteiger partial charge in [0.15, 0.2) is 5.78 Å². The number of carbonyl (C=O) groups excluding carboxylic acids is 2. The van der Waals surface area contributed by atoms with Crippen LogP contribution in [-0.4, -0.2) is 23.5 Å². The SMILES string of the molecule is CCC(=O)NC1CSc2ccccc2C1=O. The average molecular weight is 235 g/mol.